The van der Waals surface area contributed by atoms with Gasteiger partial charge in [0.25, 0.3) is 0 Å². The quantitative estimate of drug-likeness (QED) is 0.748. The molecule has 1 saturated heterocycles. The van der Waals surface area contributed by atoms with E-state index in [2.05, 4.69) is 5.32 Å². The summed E-state index contributed by atoms with van der Waals surface area (Å²) in [5.74, 6) is 1.91. The van der Waals surface area contributed by atoms with Crippen molar-refractivity contribution in [1.82, 2.24) is 15.1 Å². The Hall–Kier alpha value is -2.09. The first-order valence-electron chi connectivity index (χ1n) is 8.63. The van der Waals surface area contributed by atoms with Gasteiger partial charge in [0.05, 0.1) is 20.0 Å². The Labute approximate surface area is 159 Å². The van der Waals surface area contributed by atoms with Gasteiger partial charge in [0.1, 0.15) is 16.9 Å². The van der Waals surface area contributed by atoms with Gasteiger partial charge < -0.3 is 24.6 Å². The molecular formula is C18H27N3O4S. The summed E-state index contributed by atoms with van der Waals surface area (Å²) in [6.45, 7) is 3.58. The summed E-state index contributed by atoms with van der Waals surface area (Å²) < 4.78 is 10.8. The summed E-state index contributed by atoms with van der Waals surface area (Å²) >= 11 is 1.56. The summed E-state index contributed by atoms with van der Waals surface area (Å²) in [6.07, 6.45) is 0.887. The molecule has 0 aliphatic carbocycles. The minimum Gasteiger partial charge on any atom is -0.497 e. The van der Waals surface area contributed by atoms with Gasteiger partial charge in [-0.25, -0.2) is 4.79 Å². The number of benzene rings is 1. The van der Waals surface area contributed by atoms with Crippen LogP contribution in [0.25, 0.3) is 0 Å². The van der Waals surface area contributed by atoms with Crippen LogP contribution in [0, 0.1) is 0 Å². The van der Waals surface area contributed by atoms with Gasteiger partial charge in [0.15, 0.2) is 0 Å². The van der Waals surface area contributed by atoms with E-state index < -0.39 is 0 Å². The van der Waals surface area contributed by atoms with Crippen LogP contribution in [0.1, 0.15) is 24.3 Å². The molecule has 8 heteroatoms. The maximum Gasteiger partial charge on any atom is 0.317 e. The third-order valence-electron chi connectivity index (χ3n) is 4.22. The lowest BCUT2D eigenvalue weighted by atomic mass is 10.1. The van der Waals surface area contributed by atoms with Crippen LogP contribution in [0.2, 0.25) is 0 Å². The molecular weight excluding hydrogens is 354 g/mol. The second-order valence-electron chi connectivity index (χ2n) is 6.01. The number of carbonyl (C=O) groups excluding carboxylic acids is 2. The summed E-state index contributed by atoms with van der Waals surface area (Å²) in [4.78, 5) is 27.8. The van der Waals surface area contributed by atoms with E-state index in [9.17, 15) is 9.59 Å². The molecule has 1 N–H and O–H groups in total. The molecule has 1 heterocycles. The van der Waals surface area contributed by atoms with E-state index in [1.54, 1.807) is 42.8 Å². The summed E-state index contributed by atoms with van der Waals surface area (Å²) in [5.41, 5.74) is 0.904. The van der Waals surface area contributed by atoms with Crippen molar-refractivity contribution in [2.75, 3.05) is 46.7 Å². The van der Waals surface area contributed by atoms with Crippen LogP contribution in [0.4, 0.5) is 4.79 Å². The molecule has 1 aromatic carbocycles. The van der Waals surface area contributed by atoms with Gasteiger partial charge in [-0.05, 0) is 24.6 Å². The first-order chi connectivity index (χ1) is 12.5. The minimum atomic E-state index is -0.153. The van der Waals surface area contributed by atoms with E-state index in [0.29, 0.717) is 25.4 Å². The summed E-state index contributed by atoms with van der Waals surface area (Å²) in [6, 6.07) is 5.46. The highest BCUT2D eigenvalue weighted by molar-refractivity contribution is 8.00. The number of ether oxygens (including phenoxy) is 2. The van der Waals surface area contributed by atoms with Crippen molar-refractivity contribution in [2.24, 2.45) is 0 Å². The van der Waals surface area contributed by atoms with E-state index in [1.807, 2.05) is 25.1 Å². The highest BCUT2D eigenvalue weighted by atomic mass is 32.2. The summed E-state index contributed by atoms with van der Waals surface area (Å²) in [5, 5.41) is 2.68. The Morgan fingerprint density at radius 2 is 2.15 bits per heavy atom. The van der Waals surface area contributed by atoms with Gasteiger partial charge in [0, 0.05) is 32.2 Å². The van der Waals surface area contributed by atoms with Crippen LogP contribution in [0.3, 0.4) is 0 Å². The van der Waals surface area contributed by atoms with Crippen LogP contribution >= 0.6 is 11.8 Å². The Kier molecular flexibility index (Phi) is 7.44. The lowest BCUT2D eigenvalue weighted by Gasteiger charge is -2.28. The maximum absolute atomic E-state index is 12.4. The van der Waals surface area contributed by atoms with Crippen LogP contribution in [-0.2, 0) is 4.79 Å². The third kappa shape index (κ3) is 4.75. The molecule has 2 rings (SSSR count). The zero-order valence-electron chi connectivity index (χ0n) is 15.8. The first kappa shape index (κ1) is 20.2. The highest BCUT2D eigenvalue weighted by Crippen LogP contribution is 2.43. The number of nitrogens with zero attached hydrogens (tertiary/aromatic N) is 2. The van der Waals surface area contributed by atoms with Crippen molar-refractivity contribution in [3.63, 3.8) is 0 Å². The van der Waals surface area contributed by atoms with E-state index in [-0.39, 0.29) is 17.3 Å². The van der Waals surface area contributed by atoms with Gasteiger partial charge >= 0.3 is 6.03 Å². The van der Waals surface area contributed by atoms with Crippen LogP contribution < -0.4 is 14.8 Å². The summed E-state index contributed by atoms with van der Waals surface area (Å²) in [7, 11) is 4.96. The topological polar surface area (TPSA) is 71.1 Å². The fourth-order valence-electron chi connectivity index (χ4n) is 2.71. The monoisotopic (exact) mass is 381 g/mol. The number of thioether (sulfide) groups is 1. The van der Waals surface area contributed by atoms with Gasteiger partial charge in [-0.15, -0.1) is 11.8 Å². The van der Waals surface area contributed by atoms with Gasteiger partial charge in [-0.3, -0.25) is 4.79 Å². The number of amides is 3. The Morgan fingerprint density at radius 3 is 2.81 bits per heavy atom. The first-order valence-corrected chi connectivity index (χ1v) is 9.68. The lowest BCUT2D eigenvalue weighted by Crippen LogP contribution is -2.42. The number of nitrogens with one attached hydrogen (secondary N) is 1. The molecule has 1 fully saturated rings. The number of hydrogen-bond acceptors (Lipinski definition) is 5. The van der Waals surface area contributed by atoms with Crippen LogP contribution in [0.5, 0.6) is 11.5 Å². The average molecular weight is 381 g/mol. The molecule has 0 saturated carbocycles. The van der Waals surface area contributed by atoms with Crippen molar-refractivity contribution in [1.29, 1.82) is 0 Å². The molecule has 0 unspecified atom stereocenters. The van der Waals surface area contributed by atoms with Crippen LogP contribution in [0.15, 0.2) is 18.2 Å². The number of hydrogen-bond donors (Lipinski definition) is 1. The molecule has 1 atom stereocenters. The van der Waals surface area contributed by atoms with Crippen molar-refractivity contribution < 1.29 is 19.1 Å². The number of likely N-dealkylation sites (N-methyl/N-ethyl adjacent to an activating group) is 1. The van der Waals surface area contributed by atoms with E-state index in [4.69, 9.17) is 9.47 Å². The van der Waals surface area contributed by atoms with Crippen molar-refractivity contribution in [3.8, 4) is 11.5 Å². The Balaban J connectivity index is 2.10. The van der Waals surface area contributed by atoms with Gasteiger partial charge in [-0.1, -0.05) is 6.92 Å². The number of urea groups is 1. The van der Waals surface area contributed by atoms with Gasteiger partial charge in [0.2, 0.25) is 5.91 Å². The standard InChI is InChI=1S/C18H27N3O4S/c1-5-8-19-18(23)20(2)9-10-21-16(22)12-26-17(21)14-11-13(24-3)6-7-15(14)25-4/h6-7,11,17H,5,8-10,12H2,1-4H3,(H,19,23)/t17-/m1/s1. The molecule has 0 radical (unpaired) electrons. The second-order valence-corrected chi connectivity index (χ2v) is 7.08. The fourth-order valence-corrected chi connectivity index (χ4v) is 3.95. The van der Waals surface area contributed by atoms with Crippen molar-refractivity contribution >= 4 is 23.7 Å². The molecule has 1 aliphatic rings. The maximum atomic E-state index is 12.4. The largest absolute Gasteiger partial charge is 0.497 e. The fraction of sp³-hybridized carbons (Fsp3) is 0.556. The predicted octanol–water partition coefficient (Wildman–Crippen LogP) is 2.33. The smallest absolute Gasteiger partial charge is 0.317 e. The molecule has 3 amide bonds. The third-order valence-corrected chi connectivity index (χ3v) is 5.46. The number of methoxy groups -OCH3 is 2. The Morgan fingerprint density at radius 1 is 1.38 bits per heavy atom. The molecule has 1 aromatic rings. The molecule has 1 aliphatic heterocycles. The number of carbonyl (C=O) groups is 2. The average Bonchev–Trinajstić information content (AvgIpc) is 3.03. The molecule has 26 heavy (non-hydrogen) atoms. The zero-order valence-corrected chi connectivity index (χ0v) is 16.6. The van der Waals surface area contributed by atoms with E-state index in [1.165, 1.54) is 0 Å². The second kappa shape index (κ2) is 9.56. The normalized spacial score (nSPS) is 16.5. The molecule has 144 valence electrons. The molecule has 0 spiro atoms. The highest BCUT2D eigenvalue weighted by Gasteiger charge is 2.34. The van der Waals surface area contributed by atoms with Gasteiger partial charge in [-0.2, -0.15) is 0 Å². The molecule has 0 aromatic heterocycles. The minimum absolute atomic E-state index is 0.0623. The SMILES string of the molecule is CCCNC(=O)N(C)CCN1C(=O)CS[C@@H]1c1cc(OC)ccc1OC. The number of rotatable bonds is 8. The lowest BCUT2D eigenvalue weighted by molar-refractivity contribution is -0.128. The van der Waals surface area contributed by atoms with E-state index >= 15 is 0 Å². The molecule has 0 bridgehead atoms. The van der Waals surface area contributed by atoms with E-state index in [0.717, 1.165) is 23.5 Å². The molecule has 7 nitrogen and oxygen atoms in total. The van der Waals surface area contributed by atoms with Crippen molar-refractivity contribution in [2.45, 2.75) is 18.7 Å². The predicted molar refractivity (Wildman–Crippen MR) is 103 cm³/mol. The van der Waals surface area contributed by atoms with Crippen molar-refractivity contribution in [3.05, 3.63) is 23.8 Å². The zero-order chi connectivity index (χ0) is 19.1. The Bertz CT molecular complexity index is 641. The van der Waals surface area contributed by atoms with Crippen LogP contribution in [-0.4, -0.2) is 68.4 Å².